The van der Waals surface area contributed by atoms with Gasteiger partial charge in [0.05, 0.1) is 4.47 Å². The van der Waals surface area contributed by atoms with Crippen molar-refractivity contribution in [3.05, 3.63) is 46.5 Å². The van der Waals surface area contributed by atoms with Gasteiger partial charge in [0.2, 0.25) is 0 Å². The standard InChI is InChI=1S/C14H18BrN3O/c1-3-18-7-6-17-14(18)10-19-13-5-4-11(9-16-2)8-12(13)15/h4-8,16H,3,9-10H2,1-2H3. The van der Waals surface area contributed by atoms with Crippen molar-refractivity contribution in [3.63, 3.8) is 0 Å². The summed E-state index contributed by atoms with van der Waals surface area (Å²) in [6, 6.07) is 6.11. The summed E-state index contributed by atoms with van der Waals surface area (Å²) in [5.74, 6) is 1.78. The zero-order chi connectivity index (χ0) is 13.7. The molecule has 2 rings (SSSR count). The normalized spacial score (nSPS) is 10.7. The zero-order valence-corrected chi connectivity index (χ0v) is 12.8. The van der Waals surface area contributed by atoms with E-state index in [2.05, 4.69) is 49.9 Å². The van der Waals surface area contributed by atoms with Crippen LogP contribution in [0.3, 0.4) is 0 Å². The van der Waals surface area contributed by atoms with Crippen molar-refractivity contribution in [3.8, 4) is 5.75 Å². The van der Waals surface area contributed by atoms with Crippen LogP contribution in [0, 0.1) is 0 Å². The fraction of sp³-hybridized carbons (Fsp3) is 0.357. The van der Waals surface area contributed by atoms with Gasteiger partial charge >= 0.3 is 0 Å². The molecule has 0 aliphatic rings. The van der Waals surface area contributed by atoms with Crippen LogP contribution in [0.25, 0.3) is 0 Å². The van der Waals surface area contributed by atoms with E-state index in [9.17, 15) is 0 Å². The summed E-state index contributed by atoms with van der Waals surface area (Å²) in [5.41, 5.74) is 1.22. The summed E-state index contributed by atoms with van der Waals surface area (Å²) in [6.07, 6.45) is 3.76. The molecule has 0 radical (unpaired) electrons. The second-order valence-electron chi connectivity index (χ2n) is 4.21. The number of aryl methyl sites for hydroxylation is 1. The van der Waals surface area contributed by atoms with Crippen molar-refractivity contribution in [2.24, 2.45) is 0 Å². The smallest absolute Gasteiger partial charge is 0.146 e. The molecule has 102 valence electrons. The first-order valence-corrected chi connectivity index (χ1v) is 7.09. The molecular formula is C14H18BrN3O. The minimum absolute atomic E-state index is 0.477. The first kappa shape index (κ1) is 14.1. The molecule has 19 heavy (non-hydrogen) atoms. The predicted octanol–water partition coefficient (Wildman–Crippen LogP) is 2.96. The Morgan fingerprint density at radius 3 is 2.95 bits per heavy atom. The minimum atomic E-state index is 0.477. The van der Waals surface area contributed by atoms with E-state index >= 15 is 0 Å². The van der Waals surface area contributed by atoms with Gasteiger partial charge in [-0.1, -0.05) is 6.07 Å². The Kier molecular flexibility index (Phi) is 4.99. The fourth-order valence-corrected chi connectivity index (χ4v) is 2.43. The Balaban J connectivity index is 2.03. The molecule has 1 heterocycles. The number of benzene rings is 1. The number of hydrogen-bond donors (Lipinski definition) is 1. The number of nitrogens with zero attached hydrogens (tertiary/aromatic N) is 2. The predicted molar refractivity (Wildman–Crippen MR) is 79.1 cm³/mol. The highest BCUT2D eigenvalue weighted by Crippen LogP contribution is 2.26. The average Bonchev–Trinajstić information content (AvgIpc) is 2.85. The third-order valence-corrected chi connectivity index (χ3v) is 3.50. The lowest BCUT2D eigenvalue weighted by Gasteiger charge is -2.10. The van der Waals surface area contributed by atoms with Gasteiger partial charge in [0.1, 0.15) is 18.2 Å². The van der Waals surface area contributed by atoms with Crippen LogP contribution in [0.2, 0.25) is 0 Å². The highest BCUT2D eigenvalue weighted by molar-refractivity contribution is 9.10. The fourth-order valence-electron chi connectivity index (χ4n) is 1.89. The molecule has 1 aromatic carbocycles. The number of rotatable bonds is 6. The maximum Gasteiger partial charge on any atom is 0.146 e. The number of nitrogens with one attached hydrogen (secondary N) is 1. The van der Waals surface area contributed by atoms with Crippen molar-refractivity contribution in [2.75, 3.05) is 7.05 Å². The van der Waals surface area contributed by atoms with Crippen LogP contribution in [0.15, 0.2) is 35.1 Å². The highest BCUT2D eigenvalue weighted by Gasteiger charge is 2.06. The highest BCUT2D eigenvalue weighted by atomic mass is 79.9. The Bertz CT molecular complexity index is 539. The number of ether oxygens (including phenoxy) is 1. The molecule has 0 aliphatic carbocycles. The van der Waals surface area contributed by atoms with Gasteiger partial charge in [0.25, 0.3) is 0 Å². The number of aromatic nitrogens is 2. The lowest BCUT2D eigenvalue weighted by molar-refractivity contribution is 0.288. The second-order valence-corrected chi connectivity index (χ2v) is 5.07. The molecule has 0 atom stereocenters. The number of imidazole rings is 1. The van der Waals surface area contributed by atoms with E-state index in [1.807, 2.05) is 19.3 Å². The van der Waals surface area contributed by atoms with Gasteiger partial charge in [0, 0.05) is 25.5 Å². The van der Waals surface area contributed by atoms with Crippen LogP contribution in [-0.4, -0.2) is 16.6 Å². The summed E-state index contributed by atoms with van der Waals surface area (Å²) >= 11 is 3.54. The number of halogens is 1. The lowest BCUT2D eigenvalue weighted by atomic mass is 10.2. The van der Waals surface area contributed by atoms with Crippen molar-refractivity contribution < 1.29 is 4.74 Å². The van der Waals surface area contributed by atoms with Crippen molar-refractivity contribution in [1.82, 2.24) is 14.9 Å². The van der Waals surface area contributed by atoms with E-state index in [4.69, 9.17) is 4.74 Å². The first-order valence-electron chi connectivity index (χ1n) is 6.30. The van der Waals surface area contributed by atoms with Gasteiger partial charge in [-0.3, -0.25) is 0 Å². The van der Waals surface area contributed by atoms with Crippen molar-refractivity contribution in [1.29, 1.82) is 0 Å². The summed E-state index contributed by atoms with van der Waals surface area (Å²) in [6.45, 7) is 4.32. The molecule has 5 heteroatoms. The van der Waals surface area contributed by atoms with Gasteiger partial charge < -0.3 is 14.6 Å². The molecule has 0 bridgehead atoms. The zero-order valence-electron chi connectivity index (χ0n) is 11.2. The Morgan fingerprint density at radius 1 is 1.42 bits per heavy atom. The SMILES string of the molecule is CCn1ccnc1COc1ccc(CNC)cc1Br. The van der Waals surface area contributed by atoms with Crippen molar-refractivity contribution >= 4 is 15.9 Å². The van der Waals surface area contributed by atoms with Crippen LogP contribution in [0.4, 0.5) is 0 Å². The quantitative estimate of drug-likeness (QED) is 0.888. The first-order chi connectivity index (χ1) is 9.24. The molecule has 0 fully saturated rings. The average molecular weight is 324 g/mol. The molecule has 0 spiro atoms. The van der Waals surface area contributed by atoms with Crippen LogP contribution in [0.5, 0.6) is 5.75 Å². The van der Waals surface area contributed by atoms with Gasteiger partial charge in [-0.25, -0.2) is 4.98 Å². The lowest BCUT2D eigenvalue weighted by Crippen LogP contribution is -2.07. The maximum atomic E-state index is 5.81. The summed E-state index contributed by atoms with van der Waals surface area (Å²) in [5, 5.41) is 3.13. The van der Waals surface area contributed by atoms with Gasteiger partial charge in [-0.05, 0) is 47.6 Å². The van der Waals surface area contributed by atoms with Crippen LogP contribution in [0.1, 0.15) is 18.3 Å². The largest absolute Gasteiger partial charge is 0.485 e. The third-order valence-electron chi connectivity index (χ3n) is 2.88. The van der Waals surface area contributed by atoms with Crippen molar-refractivity contribution in [2.45, 2.75) is 26.6 Å². The molecule has 0 aliphatic heterocycles. The topological polar surface area (TPSA) is 39.1 Å². The van der Waals surface area contributed by atoms with Crippen LogP contribution >= 0.6 is 15.9 Å². The Morgan fingerprint density at radius 2 is 2.26 bits per heavy atom. The second kappa shape index (κ2) is 6.73. The van der Waals surface area contributed by atoms with E-state index in [0.717, 1.165) is 29.1 Å². The Hall–Kier alpha value is -1.33. The van der Waals surface area contributed by atoms with E-state index in [1.54, 1.807) is 6.20 Å². The summed E-state index contributed by atoms with van der Waals surface area (Å²) in [7, 11) is 1.93. The van der Waals surface area contributed by atoms with Crippen LogP contribution in [-0.2, 0) is 19.7 Å². The van der Waals surface area contributed by atoms with Crippen LogP contribution < -0.4 is 10.1 Å². The maximum absolute atomic E-state index is 5.81. The monoisotopic (exact) mass is 323 g/mol. The summed E-state index contributed by atoms with van der Waals surface area (Å²) in [4.78, 5) is 4.29. The molecule has 0 unspecified atom stereocenters. The van der Waals surface area contributed by atoms with E-state index < -0.39 is 0 Å². The van der Waals surface area contributed by atoms with Gasteiger partial charge in [-0.2, -0.15) is 0 Å². The minimum Gasteiger partial charge on any atom is -0.485 e. The molecule has 4 nitrogen and oxygen atoms in total. The molecule has 0 saturated carbocycles. The van der Waals surface area contributed by atoms with E-state index in [1.165, 1.54) is 5.56 Å². The van der Waals surface area contributed by atoms with E-state index in [-0.39, 0.29) is 0 Å². The molecule has 0 amide bonds. The van der Waals surface area contributed by atoms with Gasteiger partial charge in [0.15, 0.2) is 0 Å². The van der Waals surface area contributed by atoms with E-state index in [0.29, 0.717) is 6.61 Å². The molecule has 0 saturated heterocycles. The summed E-state index contributed by atoms with van der Waals surface area (Å²) < 4.78 is 8.85. The Labute approximate surface area is 121 Å². The molecule has 2 aromatic rings. The van der Waals surface area contributed by atoms with Gasteiger partial charge in [-0.15, -0.1) is 0 Å². The molecule has 1 aromatic heterocycles. The number of hydrogen-bond acceptors (Lipinski definition) is 3. The molecule has 1 N–H and O–H groups in total. The molecular weight excluding hydrogens is 306 g/mol. The third kappa shape index (κ3) is 3.58.